The number of rotatable bonds is 7. The number of carbonyl (C=O) groups excluding carboxylic acids is 2. The highest BCUT2D eigenvalue weighted by Crippen LogP contribution is 2.26. The summed E-state index contributed by atoms with van der Waals surface area (Å²) in [6, 6.07) is 6.10. The minimum Gasteiger partial charge on any atom is -0.469 e. The first-order chi connectivity index (χ1) is 13.1. The fourth-order valence-electron chi connectivity index (χ4n) is 2.63. The summed E-state index contributed by atoms with van der Waals surface area (Å²) in [5, 5.41) is 4.67. The van der Waals surface area contributed by atoms with Crippen molar-refractivity contribution in [2.24, 2.45) is 0 Å². The van der Waals surface area contributed by atoms with E-state index in [0.717, 1.165) is 9.18 Å². The summed E-state index contributed by atoms with van der Waals surface area (Å²) in [4.78, 5) is 25.5. The van der Waals surface area contributed by atoms with Gasteiger partial charge >= 0.3 is 5.97 Å². The summed E-state index contributed by atoms with van der Waals surface area (Å²) < 4.78 is 31.0. The molecule has 0 radical (unpaired) electrons. The van der Waals surface area contributed by atoms with E-state index >= 15 is 0 Å². The molecule has 9 heteroatoms. The zero-order valence-electron chi connectivity index (χ0n) is 16.5. The van der Waals surface area contributed by atoms with Crippen LogP contribution < -0.4 is 5.32 Å². The first-order valence-corrected chi connectivity index (χ1v) is 10.8. The van der Waals surface area contributed by atoms with Crippen molar-refractivity contribution in [1.29, 1.82) is 0 Å². The zero-order chi connectivity index (χ0) is 21.1. The van der Waals surface area contributed by atoms with Crippen LogP contribution in [0.3, 0.4) is 0 Å². The van der Waals surface area contributed by atoms with Gasteiger partial charge in [0.1, 0.15) is 0 Å². The molecular formula is C19H24N2O5S2. The maximum atomic E-state index is 12.9. The van der Waals surface area contributed by atoms with Crippen LogP contribution in [-0.2, 0) is 19.6 Å². The van der Waals surface area contributed by atoms with Crippen LogP contribution in [-0.4, -0.2) is 45.8 Å². The van der Waals surface area contributed by atoms with Gasteiger partial charge in [0.05, 0.1) is 24.5 Å². The minimum atomic E-state index is -3.70. The molecule has 1 aromatic heterocycles. The van der Waals surface area contributed by atoms with Crippen molar-refractivity contribution in [2.45, 2.75) is 31.2 Å². The maximum Gasteiger partial charge on any atom is 0.307 e. The van der Waals surface area contributed by atoms with Crippen LogP contribution in [0.25, 0.3) is 0 Å². The van der Waals surface area contributed by atoms with Gasteiger partial charge in [-0.1, -0.05) is 6.07 Å². The normalized spacial score (nSPS) is 12.6. The van der Waals surface area contributed by atoms with Crippen molar-refractivity contribution in [3.05, 3.63) is 51.2 Å². The lowest BCUT2D eigenvalue weighted by molar-refractivity contribution is -0.141. The molecule has 7 nitrogen and oxygen atoms in total. The first kappa shape index (κ1) is 22.1. The molecular weight excluding hydrogens is 400 g/mol. The number of thiophene rings is 1. The molecule has 0 fully saturated rings. The minimum absolute atomic E-state index is 0.0174. The summed E-state index contributed by atoms with van der Waals surface area (Å²) in [6.07, 6.45) is -0.0174. The van der Waals surface area contributed by atoms with Crippen molar-refractivity contribution in [3.63, 3.8) is 0 Å². The van der Waals surface area contributed by atoms with E-state index in [1.165, 1.54) is 38.6 Å². The number of esters is 1. The number of aryl methyl sites for hydroxylation is 1. The van der Waals surface area contributed by atoms with Crippen LogP contribution in [0.4, 0.5) is 0 Å². The van der Waals surface area contributed by atoms with E-state index in [0.29, 0.717) is 11.1 Å². The van der Waals surface area contributed by atoms with Gasteiger partial charge < -0.3 is 10.1 Å². The number of hydrogen-bond donors (Lipinski definition) is 1. The monoisotopic (exact) mass is 424 g/mol. The molecule has 1 atom stereocenters. The Morgan fingerprint density at radius 3 is 2.46 bits per heavy atom. The highest BCUT2D eigenvalue weighted by molar-refractivity contribution is 7.89. The van der Waals surface area contributed by atoms with Gasteiger partial charge in [-0.15, -0.1) is 11.3 Å². The molecule has 2 aromatic rings. The van der Waals surface area contributed by atoms with Crippen molar-refractivity contribution in [3.8, 4) is 0 Å². The topological polar surface area (TPSA) is 92.8 Å². The van der Waals surface area contributed by atoms with Crippen LogP contribution in [0.2, 0.25) is 0 Å². The number of nitrogens with zero attached hydrogens (tertiary/aromatic N) is 1. The number of amides is 1. The molecule has 28 heavy (non-hydrogen) atoms. The van der Waals surface area contributed by atoms with Gasteiger partial charge in [-0.2, -0.15) is 0 Å². The average Bonchev–Trinajstić information content (AvgIpc) is 3.17. The van der Waals surface area contributed by atoms with Crippen LogP contribution in [0, 0.1) is 13.8 Å². The van der Waals surface area contributed by atoms with Crippen molar-refractivity contribution in [2.75, 3.05) is 21.2 Å². The Kier molecular flexibility index (Phi) is 6.97. The second-order valence-corrected chi connectivity index (χ2v) is 9.62. The molecule has 0 aliphatic heterocycles. The first-order valence-electron chi connectivity index (χ1n) is 8.52. The molecule has 1 heterocycles. The van der Waals surface area contributed by atoms with E-state index in [1.54, 1.807) is 19.9 Å². The largest absolute Gasteiger partial charge is 0.469 e. The Morgan fingerprint density at radius 2 is 1.93 bits per heavy atom. The number of carbonyl (C=O) groups is 2. The number of methoxy groups -OCH3 is 1. The quantitative estimate of drug-likeness (QED) is 0.690. The lowest BCUT2D eigenvalue weighted by Crippen LogP contribution is -2.30. The molecule has 0 spiro atoms. The molecule has 1 aromatic carbocycles. The van der Waals surface area contributed by atoms with E-state index in [-0.39, 0.29) is 16.9 Å². The Labute approximate surface area is 169 Å². The highest BCUT2D eigenvalue weighted by Gasteiger charge is 2.25. The van der Waals surface area contributed by atoms with Gasteiger partial charge in [0, 0.05) is 24.5 Å². The number of nitrogens with one attached hydrogen (secondary N) is 1. The second kappa shape index (κ2) is 8.85. The Bertz CT molecular complexity index is 966. The third kappa shape index (κ3) is 4.78. The molecule has 0 saturated carbocycles. The standard InChI is InChI=1S/C19H24N2O5S2/c1-12-9-14(10-17(13(12)2)28(24,25)21(3)4)19(23)20-15(11-18(22)26-5)16-7-6-8-27-16/h6-10,15H,11H2,1-5H3,(H,20,23). The second-order valence-electron chi connectivity index (χ2n) is 6.53. The van der Waals surface area contributed by atoms with Gasteiger partial charge in [0.15, 0.2) is 0 Å². The molecule has 1 unspecified atom stereocenters. The molecule has 152 valence electrons. The van der Waals surface area contributed by atoms with Gasteiger partial charge in [-0.05, 0) is 48.6 Å². The Hall–Kier alpha value is -2.23. The average molecular weight is 425 g/mol. The van der Waals surface area contributed by atoms with Gasteiger partial charge in [0.2, 0.25) is 10.0 Å². The Balaban J connectivity index is 2.40. The fourth-order valence-corrected chi connectivity index (χ4v) is 4.62. The SMILES string of the molecule is COC(=O)CC(NC(=O)c1cc(C)c(C)c(S(=O)(=O)N(C)C)c1)c1cccs1. The zero-order valence-corrected chi connectivity index (χ0v) is 18.1. The lowest BCUT2D eigenvalue weighted by atomic mass is 10.0. The van der Waals surface area contributed by atoms with E-state index < -0.39 is 27.9 Å². The van der Waals surface area contributed by atoms with Gasteiger partial charge in [-0.3, -0.25) is 9.59 Å². The summed E-state index contributed by atoms with van der Waals surface area (Å²) >= 11 is 1.41. The molecule has 0 bridgehead atoms. The highest BCUT2D eigenvalue weighted by atomic mass is 32.2. The van der Waals surface area contributed by atoms with E-state index in [1.807, 2.05) is 17.5 Å². The molecule has 1 N–H and O–H groups in total. The molecule has 0 aliphatic carbocycles. The summed E-state index contributed by atoms with van der Waals surface area (Å²) in [6.45, 7) is 3.46. The van der Waals surface area contributed by atoms with Crippen molar-refractivity contribution < 1.29 is 22.7 Å². The van der Waals surface area contributed by atoms with Gasteiger partial charge in [-0.25, -0.2) is 12.7 Å². The third-order valence-electron chi connectivity index (χ3n) is 4.43. The van der Waals surface area contributed by atoms with E-state index in [2.05, 4.69) is 5.32 Å². The van der Waals surface area contributed by atoms with Gasteiger partial charge in [0.25, 0.3) is 5.91 Å². The molecule has 1 amide bonds. The summed E-state index contributed by atoms with van der Waals surface area (Å²) in [5.41, 5.74) is 1.50. The molecule has 2 rings (SSSR count). The summed E-state index contributed by atoms with van der Waals surface area (Å²) in [5.74, 6) is -0.907. The van der Waals surface area contributed by atoms with Crippen molar-refractivity contribution >= 4 is 33.2 Å². The predicted octanol–water partition coefficient (Wildman–Crippen LogP) is 2.65. The van der Waals surface area contributed by atoms with Crippen LogP contribution in [0.15, 0.2) is 34.5 Å². The van der Waals surface area contributed by atoms with E-state index in [4.69, 9.17) is 4.74 Å². The predicted molar refractivity (Wildman–Crippen MR) is 108 cm³/mol. The third-order valence-corrected chi connectivity index (χ3v) is 7.36. The van der Waals surface area contributed by atoms with Crippen LogP contribution in [0.5, 0.6) is 0 Å². The van der Waals surface area contributed by atoms with Crippen LogP contribution in [0.1, 0.15) is 38.8 Å². The number of benzene rings is 1. The number of ether oxygens (including phenoxy) is 1. The molecule has 0 aliphatic rings. The summed E-state index contributed by atoms with van der Waals surface area (Å²) in [7, 11) is 0.479. The molecule has 0 saturated heterocycles. The number of hydrogen-bond acceptors (Lipinski definition) is 6. The van der Waals surface area contributed by atoms with Crippen LogP contribution >= 0.6 is 11.3 Å². The fraction of sp³-hybridized carbons (Fsp3) is 0.368. The smallest absolute Gasteiger partial charge is 0.307 e. The maximum absolute atomic E-state index is 12.9. The lowest BCUT2D eigenvalue weighted by Gasteiger charge is -2.19. The Morgan fingerprint density at radius 1 is 1.25 bits per heavy atom. The van der Waals surface area contributed by atoms with Crippen molar-refractivity contribution in [1.82, 2.24) is 9.62 Å². The van der Waals surface area contributed by atoms with E-state index in [9.17, 15) is 18.0 Å². The number of sulfonamides is 1.